The van der Waals surface area contributed by atoms with Crippen LogP contribution in [0.1, 0.15) is 29.6 Å². The van der Waals surface area contributed by atoms with Crippen LogP contribution in [0.3, 0.4) is 0 Å². The highest BCUT2D eigenvalue weighted by Gasteiger charge is 2.48. The van der Waals surface area contributed by atoms with Crippen molar-refractivity contribution in [1.82, 2.24) is 19.4 Å². The lowest BCUT2D eigenvalue weighted by atomic mass is 9.78. The van der Waals surface area contributed by atoms with E-state index in [2.05, 4.69) is 4.98 Å². The molecule has 1 aromatic carbocycles. The van der Waals surface area contributed by atoms with E-state index < -0.39 is 0 Å². The smallest absolute Gasteiger partial charge is 0.253 e. The predicted molar refractivity (Wildman–Crippen MR) is 93.4 cm³/mol. The van der Waals surface area contributed by atoms with E-state index in [1.165, 1.54) is 0 Å². The summed E-state index contributed by atoms with van der Waals surface area (Å²) in [4.78, 5) is 33.1. The Morgan fingerprint density at radius 2 is 1.96 bits per heavy atom. The average Bonchev–Trinajstić information content (AvgIpc) is 3.30. The second-order valence-corrected chi connectivity index (χ2v) is 7.10. The van der Waals surface area contributed by atoms with Gasteiger partial charge in [0.2, 0.25) is 5.91 Å². The summed E-state index contributed by atoms with van der Waals surface area (Å²) in [6, 6.07) is 7.52. The first-order chi connectivity index (χ1) is 12.1. The molecule has 2 amide bonds. The van der Waals surface area contributed by atoms with E-state index in [0.29, 0.717) is 18.7 Å². The molecule has 0 saturated carbocycles. The molecule has 0 radical (unpaired) electrons. The van der Waals surface area contributed by atoms with Gasteiger partial charge in [-0.05, 0) is 43.5 Å². The van der Waals surface area contributed by atoms with Crippen LogP contribution in [0, 0.1) is 5.41 Å². The standard InChI is InChI=1S/C19H22N4O2/c1-21-10-2-7-19(18(21)25)8-11-22(13-19)17(24)15-3-5-16(6-4-15)23-12-9-20-14-23/h3-6,9,12,14H,2,7-8,10-11,13H2,1H3/t19-/m1/s1. The van der Waals surface area contributed by atoms with Crippen molar-refractivity contribution in [2.75, 3.05) is 26.7 Å². The fourth-order valence-corrected chi connectivity index (χ4v) is 4.06. The first-order valence-electron chi connectivity index (χ1n) is 8.72. The van der Waals surface area contributed by atoms with Gasteiger partial charge in [0.15, 0.2) is 0 Å². The summed E-state index contributed by atoms with van der Waals surface area (Å²) in [6.07, 6.45) is 8.00. The van der Waals surface area contributed by atoms with Gasteiger partial charge < -0.3 is 14.4 Å². The average molecular weight is 338 g/mol. The monoisotopic (exact) mass is 338 g/mol. The number of amides is 2. The molecular weight excluding hydrogens is 316 g/mol. The Morgan fingerprint density at radius 1 is 1.16 bits per heavy atom. The molecule has 2 fully saturated rings. The van der Waals surface area contributed by atoms with Crippen LogP contribution in [0.25, 0.3) is 5.69 Å². The normalized spacial score (nSPS) is 23.5. The van der Waals surface area contributed by atoms with Crippen LogP contribution in [0.2, 0.25) is 0 Å². The molecule has 0 bridgehead atoms. The summed E-state index contributed by atoms with van der Waals surface area (Å²) in [5, 5.41) is 0. The summed E-state index contributed by atoms with van der Waals surface area (Å²) < 4.78 is 1.90. The molecule has 130 valence electrons. The Bertz CT molecular complexity index is 784. The molecule has 25 heavy (non-hydrogen) atoms. The molecule has 3 heterocycles. The van der Waals surface area contributed by atoms with Crippen molar-refractivity contribution in [3.05, 3.63) is 48.5 Å². The van der Waals surface area contributed by atoms with Gasteiger partial charge in [-0.15, -0.1) is 0 Å². The van der Waals surface area contributed by atoms with Crippen molar-refractivity contribution in [2.24, 2.45) is 5.41 Å². The molecule has 6 nitrogen and oxygen atoms in total. The molecule has 1 aromatic heterocycles. The SMILES string of the molecule is CN1CCC[C@]2(CCN(C(=O)c3ccc(-n4ccnc4)cc3)C2)C1=O. The maximum absolute atomic E-state index is 12.8. The van der Waals surface area contributed by atoms with Crippen molar-refractivity contribution in [2.45, 2.75) is 19.3 Å². The summed E-state index contributed by atoms with van der Waals surface area (Å²) in [6.45, 7) is 2.02. The summed E-state index contributed by atoms with van der Waals surface area (Å²) in [5.74, 6) is 0.208. The molecule has 0 unspecified atom stereocenters. The zero-order chi connectivity index (χ0) is 17.4. The zero-order valence-electron chi connectivity index (χ0n) is 14.4. The molecule has 0 N–H and O–H groups in total. The second kappa shape index (κ2) is 6.02. The Kier molecular flexibility index (Phi) is 3.82. The zero-order valence-corrected chi connectivity index (χ0v) is 14.4. The highest BCUT2D eigenvalue weighted by molar-refractivity contribution is 5.95. The molecule has 2 aromatic rings. The number of hydrogen-bond donors (Lipinski definition) is 0. The van der Waals surface area contributed by atoms with E-state index in [-0.39, 0.29) is 17.2 Å². The maximum Gasteiger partial charge on any atom is 0.253 e. The minimum absolute atomic E-state index is 0.00934. The molecule has 4 rings (SSSR count). The van der Waals surface area contributed by atoms with Gasteiger partial charge in [-0.3, -0.25) is 9.59 Å². The quantitative estimate of drug-likeness (QED) is 0.841. The fraction of sp³-hybridized carbons (Fsp3) is 0.421. The number of carbonyl (C=O) groups is 2. The van der Waals surface area contributed by atoms with Crippen LogP contribution >= 0.6 is 0 Å². The molecular formula is C19H22N4O2. The molecule has 2 aliphatic rings. The van der Waals surface area contributed by atoms with Gasteiger partial charge in [-0.2, -0.15) is 0 Å². The van der Waals surface area contributed by atoms with E-state index >= 15 is 0 Å². The molecule has 6 heteroatoms. The molecule has 2 aliphatic heterocycles. The highest BCUT2D eigenvalue weighted by Crippen LogP contribution is 2.40. The lowest BCUT2D eigenvalue weighted by molar-refractivity contribution is -0.143. The van der Waals surface area contributed by atoms with E-state index in [1.807, 2.05) is 51.9 Å². The van der Waals surface area contributed by atoms with Crippen LogP contribution in [0.15, 0.2) is 43.0 Å². The van der Waals surface area contributed by atoms with Gasteiger partial charge in [0.25, 0.3) is 5.91 Å². The van der Waals surface area contributed by atoms with Crippen molar-refractivity contribution in [3.63, 3.8) is 0 Å². The highest BCUT2D eigenvalue weighted by atomic mass is 16.2. The van der Waals surface area contributed by atoms with Crippen molar-refractivity contribution in [3.8, 4) is 5.69 Å². The Balaban J connectivity index is 1.49. The van der Waals surface area contributed by atoms with Gasteiger partial charge in [0, 0.05) is 50.3 Å². The van der Waals surface area contributed by atoms with E-state index in [1.54, 1.807) is 12.5 Å². The van der Waals surface area contributed by atoms with Gasteiger partial charge in [-0.25, -0.2) is 4.98 Å². The van der Waals surface area contributed by atoms with Crippen LogP contribution in [0.4, 0.5) is 0 Å². The molecule has 0 aliphatic carbocycles. The molecule has 1 atom stereocenters. The maximum atomic E-state index is 12.8. The number of carbonyl (C=O) groups excluding carboxylic acids is 2. The van der Waals surface area contributed by atoms with Gasteiger partial charge in [0.1, 0.15) is 0 Å². The Morgan fingerprint density at radius 3 is 2.68 bits per heavy atom. The van der Waals surface area contributed by atoms with Crippen LogP contribution in [0.5, 0.6) is 0 Å². The Labute approximate surface area is 147 Å². The number of likely N-dealkylation sites (tertiary alicyclic amines) is 2. The van der Waals surface area contributed by atoms with Crippen molar-refractivity contribution < 1.29 is 9.59 Å². The predicted octanol–water partition coefficient (Wildman–Crippen LogP) is 1.96. The minimum Gasteiger partial charge on any atom is -0.345 e. The topological polar surface area (TPSA) is 58.4 Å². The van der Waals surface area contributed by atoms with E-state index in [0.717, 1.165) is 31.5 Å². The largest absolute Gasteiger partial charge is 0.345 e. The van der Waals surface area contributed by atoms with Crippen LogP contribution in [-0.4, -0.2) is 57.8 Å². The fourth-order valence-electron chi connectivity index (χ4n) is 4.06. The number of hydrogen-bond acceptors (Lipinski definition) is 3. The first kappa shape index (κ1) is 15.9. The lowest BCUT2D eigenvalue weighted by Gasteiger charge is -2.37. The number of nitrogens with zero attached hydrogens (tertiary/aromatic N) is 4. The van der Waals surface area contributed by atoms with Gasteiger partial charge in [0.05, 0.1) is 11.7 Å². The number of piperidine rings is 1. The third-order valence-electron chi connectivity index (χ3n) is 5.51. The third kappa shape index (κ3) is 2.71. The van der Waals surface area contributed by atoms with Gasteiger partial charge in [-0.1, -0.05) is 0 Å². The van der Waals surface area contributed by atoms with E-state index in [4.69, 9.17) is 0 Å². The minimum atomic E-state index is -0.362. The van der Waals surface area contributed by atoms with Crippen LogP contribution in [-0.2, 0) is 4.79 Å². The van der Waals surface area contributed by atoms with Crippen molar-refractivity contribution >= 4 is 11.8 Å². The molecule has 1 spiro atoms. The van der Waals surface area contributed by atoms with Crippen molar-refractivity contribution in [1.29, 1.82) is 0 Å². The summed E-state index contributed by atoms with van der Waals surface area (Å²) in [7, 11) is 1.86. The lowest BCUT2D eigenvalue weighted by Crippen LogP contribution is -2.48. The summed E-state index contributed by atoms with van der Waals surface area (Å²) in [5.41, 5.74) is 1.27. The number of imidazole rings is 1. The number of benzene rings is 1. The third-order valence-corrected chi connectivity index (χ3v) is 5.51. The molecule has 2 saturated heterocycles. The van der Waals surface area contributed by atoms with Gasteiger partial charge >= 0.3 is 0 Å². The second-order valence-electron chi connectivity index (χ2n) is 7.10. The van der Waals surface area contributed by atoms with E-state index in [9.17, 15) is 9.59 Å². The first-order valence-corrected chi connectivity index (χ1v) is 8.72. The Hall–Kier alpha value is -2.63. The number of rotatable bonds is 2. The van der Waals surface area contributed by atoms with Crippen LogP contribution < -0.4 is 0 Å². The number of aromatic nitrogens is 2. The summed E-state index contributed by atoms with van der Waals surface area (Å²) >= 11 is 0.